The number of hydrogen-bond acceptors (Lipinski definition) is 2. The molecular formula is C20H30N2O2. The quantitative estimate of drug-likeness (QED) is 0.899. The molecule has 1 atom stereocenters. The molecule has 0 radical (unpaired) electrons. The van der Waals surface area contributed by atoms with Gasteiger partial charge in [-0.3, -0.25) is 9.59 Å². The molecule has 132 valence electrons. The van der Waals surface area contributed by atoms with Crippen molar-refractivity contribution < 1.29 is 9.59 Å². The summed E-state index contributed by atoms with van der Waals surface area (Å²) in [7, 11) is 0. The van der Waals surface area contributed by atoms with Gasteiger partial charge in [-0.25, -0.2) is 0 Å². The Morgan fingerprint density at radius 2 is 1.83 bits per heavy atom. The lowest BCUT2D eigenvalue weighted by molar-refractivity contribution is -0.124. The Kier molecular flexibility index (Phi) is 6.41. The lowest BCUT2D eigenvalue weighted by atomic mass is 9.96. The number of piperidine rings is 1. The van der Waals surface area contributed by atoms with Crippen molar-refractivity contribution in [2.75, 3.05) is 19.6 Å². The van der Waals surface area contributed by atoms with E-state index in [1.165, 1.54) is 5.56 Å². The molecule has 0 aliphatic carbocycles. The van der Waals surface area contributed by atoms with Gasteiger partial charge in [0.15, 0.2) is 0 Å². The van der Waals surface area contributed by atoms with E-state index in [1.807, 2.05) is 43.0 Å². The Morgan fingerprint density at radius 3 is 2.42 bits per heavy atom. The van der Waals surface area contributed by atoms with Crippen LogP contribution in [0.3, 0.4) is 0 Å². The second-order valence-electron chi connectivity index (χ2n) is 7.44. The fraction of sp³-hybridized carbons (Fsp3) is 0.600. The van der Waals surface area contributed by atoms with E-state index in [0.29, 0.717) is 18.4 Å². The summed E-state index contributed by atoms with van der Waals surface area (Å²) in [6.07, 6.45) is 2.06. The first-order valence-corrected chi connectivity index (χ1v) is 9.05. The summed E-state index contributed by atoms with van der Waals surface area (Å²) in [5.41, 5.74) is 2.01. The normalized spacial score (nSPS) is 18.1. The van der Waals surface area contributed by atoms with Crippen molar-refractivity contribution in [3.63, 3.8) is 0 Å². The van der Waals surface area contributed by atoms with Crippen molar-refractivity contribution in [2.45, 2.75) is 46.5 Å². The van der Waals surface area contributed by atoms with Gasteiger partial charge in [0, 0.05) is 31.1 Å². The van der Waals surface area contributed by atoms with Crippen molar-refractivity contribution in [3.05, 3.63) is 35.4 Å². The highest BCUT2D eigenvalue weighted by Gasteiger charge is 2.25. The number of rotatable bonds is 5. The Bertz CT molecular complexity index is 564. The van der Waals surface area contributed by atoms with Crippen LogP contribution in [0.4, 0.5) is 0 Å². The van der Waals surface area contributed by atoms with Gasteiger partial charge in [0.1, 0.15) is 0 Å². The lowest BCUT2D eigenvalue weighted by Crippen LogP contribution is -2.44. The third kappa shape index (κ3) is 4.83. The standard InChI is InChI=1S/C20H30N2O2/c1-14(2)17-7-9-18(10-8-17)20(24)22-11-5-6-16(13-22)12-21-19(23)15(3)4/h7-10,14-16H,5-6,11-13H2,1-4H3,(H,21,23)/t16-/m0/s1. The topological polar surface area (TPSA) is 49.4 Å². The fourth-order valence-corrected chi connectivity index (χ4v) is 3.06. The van der Waals surface area contributed by atoms with Crippen LogP contribution in [0.25, 0.3) is 0 Å². The molecule has 0 spiro atoms. The summed E-state index contributed by atoms with van der Waals surface area (Å²) >= 11 is 0. The van der Waals surface area contributed by atoms with Crippen LogP contribution in [-0.4, -0.2) is 36.3 Å². The van der Waals surface area contributed by atoms with E-state index in [1.54, 1.807) is 0 Å². The molecule has 0 bridgehead atoms. The lowest BCUT2D eigenvalue weighted by Gasteiger charge is -2.33. The van der Waals surface area contributed by atoms with Crippen LogP contribution >= 0.6 is 0 Å². The van der Waals surface area contributed by atoms with Crippen molar-refractivity contribution >= 4 is 11.8 Å². The van der Waals surface area contributed by atoms with Crippen LogP contribution in [0, 0.1) is 11.8 Å². The highest BCUT2D eigenvalue weighted by molar-refractivity contribution is 5.94. The van der Waals surface area contributed by atoms with E-state index in [0.717, 1.165) is 31.5 Å². The maximum Gasteiger partial charge on any atom is 0.253 e. The number of carbonyl (C=O) groups excluding carboxylic acids is 2. The molecule has 24 heavy (non-hydrogen) atoms. The maximum absolute atomic E-state index is 12.7. The highest BCUT2D eigenvalue weighted by Crippen LogP contribution is 2.20. The second-order valence-corrected chi connectivity index (χ2v) is 7.44. The summed E-state index contributed by atoms with van der Waals surface area (Å²) < 4.78 is 0. The number of hydrogen-bond donors (Lipinski definition) is 1. The number of nitrogens with one attached hydrogen (secondary N) is 1. The summed E-state index contributed by atoms with van der Waals surface area (Å²) in [5.74, 6) is 1.01. The third-order valence-electron chi connectivity index (χ3n) is 4.72. The molecule has 1 aromatic carbocycles. The van der Waals surface area contributed by atoms with Gasteiger partial charge in [-0.1, -0.05) is 39.8 Å². The summed E-state index contributed by atoms with van der Waals surface area (Å²) in [5, 5.41) is 2.99. The molecule has 1 aliphatic rings. The minimum absolute atomic E-state index is 0.00537. The first-order valence-electron chi connectivity index (χ1n) is 9.05. The fourth-order valence-electron chi connectivity index (χ4n) is 3.06. The molecule has 1 fully saturated rings. The first-order chi connectivity index (χ1) is 11.4. The largest absolute Gasteiger partial charge is 0.356 e. The monoisotopic (exact) mass is 330 g/mol. The van der Waals surface area contributed by atoms with Gasteiger partial charge < -0.3 is 10.2 Å². The molecule has 1 aromatic rings. The Hall–Kier alpha value is -1.84. The van der Waals surface area contributed by atoms with E-state index in [-0.39, 0.29) is 17.7 Å². The zero-order valence-electron chi connectivity index (χ0n) is 15.3. The average molecular weight is 330 g/mol. The average Bonchev–Trinajstić information content (AvgIpc) is 2.59. The molecule has 4 nitrogen and oxygen atoms in total. The Labute approximate surface area is 145 Å². The molecular weight excluding hydrogens is 300 g/mol. The number of likely N-dealkylation sites (tertiary alicyclic amines) is 1. The molecule has 2 amide bonds. The molecule has 4 heteroatoms. The van der Waals surface area contributed by atoms with Crippen LogP contribution < -0.4 is 5.32 Å². The number of benzene rings is 1. The van der Waals surface area contributed by atoms with Gasteiger partial charge in [-0.2, -0.15) is 0 Å². The molecule has 1 aliphatic heterocycles. The Morgan fingerprint density at radius 1 is 1.17 bits per heavy atom. The Balaban J connectivity index is 1.93. The third-order valence-corrected chi connectivity index (χ3v) is 4.72. The molecule has 0 unspecified atom stereocenters. The van der Waals surface area contributed by atoms with Gasteiger partial charge in [-0.15, -0.1) is 0 Å². The van der Waals surface area contributed by atoms with Gasteiger partial charge in [-0.05, 0) is 42.4 Å². The predicted octanol–water partition coefficient (Wildman–Crippen LogP) is 3.43. The molecule has 1 saturated heterocycles. The minimum Gasteiger partial charge on any atom is -0.356 e. The zero-order chi connectivity index (χ0) is 17.7. The van der Waals surface area contributed by atoms with E-state index >= 15 is 0 Å². The van der Waals surface area contributed by atoms with Crippen LogP contribution in [0.15, 0.2) is 24.3 Å². The molecule has 2 rings (SSSR count). The van der Waals surface area contributed by atoms with Crippen molar-refractivity contribution in [1.29, 1.82) is 0 Å². The molecule has 1 N–H and O–H groups in total. The predicted molar refractivity (Wildman–Crippen MR) is 97.0 cm³/mol. The SMILES string of the molecule is CC(C)C(=O)NC[C@@H]1CCCN(C(=O)c2ccc(C(C)C)cc2)C1. The highest BCUT2D eigenvalue weighted by atomic mass is 16.2. The van der Waals surface area contributed by atoms with Gasteiger partial charge in [0.25, 0.3) is 5.91 Å². The van der Waals surface area contributed by atoms with E-state index in [9.17, 15) is 9.59 Å². The maximum atomic E-state index is 12.7. The second kappa shape index (κ2) is 8.32. The molecule has 0 aromatic heterocycles. The van der Waals surface area contributed by atoms with Crippen LogP contribution in [-0.2, 0) is 4.79 Å². The van der Waals surface area contributed by atoms with E-state index in [4.69, 9.17) is 0 Å². The summed E-state index contributed by atoms with van der Waals surface area (Å²) in [6.45, 7) is 10.3. The first kappa shape index (κ1) is 18.5. The van der Waals surface area contributed by atoms with Crippen molar-refractivity contribution in [1.82, 2.24) is 10.2 Å². The van der Waals surface area contributed by atoms with Crippen LogP contribution in [0.1, 0.15) is 62.4 Å². The number of amides is 2. The molecule has 1 heterocycles. The van der Waals surface area contributed by atoms with Crippen molar-refractivity contribution in [3.8, 4) is 0 Å². The number of nitrogens with zero attached hydrogens (tertiary/aromatic N) is 1. The van der Waals surface area contributed by atoms with Gasteiger partial charge in [0.05, 0.1) is 0 Å². The smallest absolute Gasteiger partial charge is 0.253 e. The van der Waals surface area contributed by atoms with Crippen molar-refractivity contribution in [2.24, 2.45) is 11.8 Å². The van der Waals surface area contributed by atoms with Gasteiger partial charge >= 0.3 is 0 Å². The summed E-state index contributed by atoms with van der Waals surface area (Å²) in [6, 6.07) is 7.95. The number of carbonyl (C=O) groups is 2. The van der Waals surface area contributed by atoms with Gasteiger partial charge in [0.2, 0.25) is 5.91 Å². The minimum atomic E-state index is 0.00537. The zero-order valence-corrected chi connectivity index (χ0v) is 15.3. The summed E-state index contributed by atoms with van der Waals surface area (Å²) in [4.78, 5) is 26.4. The van der Waals surface area contributed by atoms with Crippen LogP contribution in [0.5, 0.6) is 0 Å². The van der Waals surface area contributed by atoms with E-state index < -0.39 is 0 Å². The molecule has 0 saturated carbocycles. The van der Waals surface area contributed by atoms with E-state index in [2.05, 4.69) is 19.2 Å². The van der Waals surface area contributed by atoms with Crippen LogP contribution in [0.2, 0.25) is 0 Å².